The maximum Gasteiger partial charge on any atom is 0.228 e. The van der Waals surface area contributed by atoms with Gasteiger partial charge in [0.1, 0.15) is 17.4 Å². The number of anilines is 2. The van der Waals surface area contributed by atoms with E-state index in [4.69, 9.17) is 4.74 Å². The lowest BCUT2D eigenvalue weighted by atomic mass is 10.1. The first-order valence-corrected chi connectivity index (χ1v) is 10.3. The zero-order valence-corrected chi connectivity index (χ0v) is 18.1. The molecule has 33 heavy (non-hydrogen) atoms. The first-order chi connectivity index (χ1) is 16.1. The van der Waals surface area contributed by atoms with E-state index in [2.05, 4.69) is 30.6 Å². The number of hydrogen-bond acceptors (Lipinski definition) is 8. The van der Waals surface area contributed by atoms with E-state index >= 15 is 0 Å². The highest BCUT2D eigenvalue weighted by Crippen LogP contribution is 2.23. The number of benzene rings is 1. The van der Waals surface area contributed by atoms with Crippen LogP contribution >= 0.6 is 0 Å². The lowest BCUT2D eigenvalue weighted by Crippen LogP contribution is -2.05. The Balaban J connectivity index is 1.37. The Morgan fingerprint density at radius 2 is 1.91 bits per heavy atom. The summed E-state index contributed by atoms with van der Waals surface area (Å²) in [4.78, 5) is 8.89. The molecule has 10 heteroatoms. The number of methoxy groups -OCH3 is 1. The van der Waals surface area contributed by atoms with Gasteiger partial charge in [0, 0.05) is 37.5 Å². The van der Waals surface area contributed by atoms with Crippen LogP contribution in [-0.2, 0) is 13.5 Å². The van der Waals surface area contributed by atoms with Crippen LogP contribution in [0.2, 0.25) is 0 Å². The Hall–Kier alpha value is -4.31. The molecule has 5 aromatic rings. The van der Waals surface area contributed by atoms with Crippen molar-refractivity contribution in [3.63, 3.8) is 0 Å². The van der Waals surface area contributed by atoms with E-state index in [0.29, 0.717) is 23.8 Å². The van der Waals surface area contributed by atoms with Gasteiger partial charge in [0.05, 0.1) is 25.1 Å². The summed E-state index contributed by atoms with van der Waals surface area (Å²) in [5, 5.41) is 26.5. The molecule has 0 bridgehead atoms. The molecule has 4 heterocycles. The van der Waals surface area contributed by atoms with Crippen LogP contribution < -0.4 is 10.1 Å². The Bertz CT molecular complexity index is 1390. The Kier molecular flexibility index (Phi) is 5.41. The summed E-state index contributed by atoms with van der Waals surface area (Å²) in [6, 6.07) is 14.9. The topological polar surface area (TPSA) is 115 Å². The van der Waals surface area contributed by atoms with Crippen LogP contribution in [0.3, 0.4) is 0 Å². The minimum Gasteiger partial charge on any atom is -0.497 e. The maximum atomic E-state index is 10.7. The predicted octanol–water partition coefficient (Wildman–Crippen LogP) is 2.95. The van der Waals surface area contributed by atoms with E-state index in [0.717, 1.165) is 28.4 Å². The molecule has 4 aromatic heterocycles. The van der Waals surface area contributed by atoms with E-state index in [-0.39, 0.29) is 0 Å². The number of nitrogens with zero attached hydrogens (tertiary/aromatic N) is 7. The number of rotatable bonds is 7. The number of fused-ring (bicyclic) bond motifs is 1. The molecule has 0 fully saturated rings. The molecule has 0 spiro atoms. The highest BCUT2D eigenvalue weighted by molar-refractivity contribution is 5.65. The van der Waals surface area contributed by atoms with E-state index < -0.39 is 6.10 Å². The third-order valence-electron chi connectivity index (χ3n) is 5.37. The van der Waals surface area contributed by atoms with E-state index in [1.807, 2.05) is 66.2 Å². The van der Waals surface area contributed by atoms with Crippen LogP contribution in [0.5, 0.6) is 5.75 Å². The molecule has 0 amide bonds. The average molecular weight is 442 g/mol. The second-order valence-corrected chi connectivity index (χ2v) is 7.48. The van der Waals surface area contributed by atoms with Crippen molar-refractivity contribution in [3.05, 3.63) is 78.5 Å². The number of aromatic nitrogens is 7. The standard InChI is InChI=1S/C23H22N8O2/c1-30-20(8-11-25-30)27-23-24-10-7-18(26-23)16-9-12-31-21(13-16)28-29-22(31)14-19(32)15-3-5-17(33-2)6-4-15/h3-13,19,32H,14H2,1-2H3,(H,24,26,27). The number of nitrogens with one attached hydrogen (secondary N) is 1. The zero-order valence-electron chi connectivity index (χ0n) is 18.1. The van der Waals surface area contributed by atoms with Crippen molar-refractivity contribution in [3.8, 4) is 17.0 Å². The molecule has 1 unspecified atom stereocenters. The van der Waals surface area contributed by atoms with Crippen molar-refractivity contribution in [2.45, 2.75) is 12.5 Å². The van der Waals surface area contributed by atoms with Gasteiger partial charge in [0.2, 0.25) is 5.95 Å². The van der Waals surface area contributed by atoms with Crippen molar-refractivity contribution < 1.29 is 9.84 Å². The zero-order chi connectivity index (χ0) is 22.8. The molecule has 0 aliphatic rings. The number of pyridine rings is 1. The van der Waals surface area contributed by atoms with E-state index in [9.17, 15) is 5.11 Å². The van der Waals surface area contributed by atoms with Crippen LogP contribution in [0.4, 0.5) is 11.8 Å². The van der Waals surface area contributed by atoms with Gasteiger partial charge in [-0.25, -0.2) is 9.97 Å². The summed E-state index contributed by atoms with van der Waals surface area (Å²) in [7, 11) is 3.45. The number of ether oxygens (including phenoxy) is 1. The van der Waals surface area contributed by atoms with Gasteiger partial charge in [-0.15, -0.1) is 10.2 Å². The number of aliphatic hydroxyl groups is 1. The summed E-state index contributed by atoms with van der Waals surface area (Å²) < 4.78 is 8.75. The molecule has 0 aliphatic carbocycles. The second kappa shape index (κ2) is 8.67. The van der Waals surface area contributed by atoms with Gasteiger partial charge in [0.25, 0.3) is 0 Å². The summed E-state index contributed by atoms with van der Waals surface area (Å²) in [5.74, 6) is 2.68. The molecule has 166 valence electrons. The summed E-state index contributed by atoms with van der Waals surface area (Å²) in [5.41, 5.74) is 3.09. The van der Waals surface area contributed by atoms with Gasteiger partial charge >= 0.3 is 0 Å². The monoisotopic (exact) mass is 442 g/mol. The Labute approximate surface area is 189 Å². The Morgan fingerprint density at radius 1 is 1.06 bits per heavy atom. The smallest absolute Gasteiger partial charge is 0.228 e. The minimum atomic E-state index is -0.703. The molecule has 5 rings (SSSR count). The molecule has 0 saturated heterocycles. The second-order valence-electron chi connectivity index (χ2n) is 7.48. The molecule has 0 saturated carbocycles. The third kappa shape index (κ3) is 4.23. The molecular formula is C23H22N8O2. The number of aryl methyl sites for hydroxylation is 1. The van der Waals surface area contributed by atoms with Crippen molar-refractivity contribution in [1.82, 2.24) is 34.3 Å². The fourth-order valence-corrected chi connectivity index (χ4v) is 3.55. The molecule has 1 aromatic carbocycles. The van der Waals surface area contributed by atoms with Crippen LogP contribution in [0, 0.1) is 0 Å². The average Bonchev–Trinajstić information content (AvgIpc) is 3.44. The molecule has 0 radical (unpaired) electrons. The quantitative estimate of drug-likeness (QED) is 0.395. The fourth-order valence-electron chi connectivity index (χ4n) is 3.55. The van der Waals surface area contributed by atoms with Crippen molar-refractivity contribution in [2.75, 3.05) is 12.4 Å². The van der Waals surface area contributed by atoms with Gasteiger partial charge in [-0.3, -0.25) is 9.08 Å². The van der Waals surface area contributed by atoms with Crippen LogP contribution in [0.25, 0.3) is 16.9 Å². The van der Waals surface area contributed by atoms with Gasteiger partial charge in [0.15, 0.2) is 5.65 Å². The summed E-state index contributed by atoms with van der Waals surface area (Å²) >= 11 is 0. The highest BCUT2D eigenvalue weighted by atomic mass is 16.5. The predicted molar refractivity (Wildman–Crippen MR) is 122 cm³/mol. The fraction of sp³-hybridized carbons (Fsp3) is 0.174. The first-order valence-electron chi connectivity index (χ1n) is 10.3. The molecular weight excluding hydrogens is 420 g/mol. The minimum absolute atomic E-state index is 0.332. The molecule has 0 aliphatic heterocycles. The normalized spacial score (nSPS) is 12.1. The van der Waals surface area contributed by atoms with Crippen LogP contribution in [0.1, 0.15) is 17.5 Å². The lowest BCUT2D eigenvalue weighted by molar-refractivity contribution is 0.175. The molecule has 10 nitrogen and oxygen atoms in total. The van der Waals surface area contributed by atoms with Crippen molar-refractivity contribution in [2.24, 2.45) is 7.05 Å². The highest BCUT2D eigenvalue weighted by Gasteiger charge is 2.15. The lowest BCUT2D eigenvalue weighted by Gasteiger charge is -2.11. The van der Waals surface area contributed by atoms with Crippen molar-refractivity contribution in [1.29, 1.82) is 0 Å². The van der Waals surface area contributed by atoms with Crippen molar-refractivity contribution >= 4 is 17.4 Å². The maximum absolute atomic E-state index is 10.7. The van der Waals surface area contributed by atoms with Gasteiger partial charge in [-0.2, -0.15) is 5.10 Å². The number of hydrogen-bond donors (Lipinski definition) is 2. The van der Waals surface area contributed by atoms with Gasteiger partial charge < -0.3 is 15.2 Å². The first kappa shape index (κ1) is 20.6. The summed E-state index contributed by atoms with van der Waals surface area (Å²) in [6.07, 6.45) is 4.92. The van der Waals surface area contributed by atoms with Crippen LogP contribution in [-0.4, -0.2) is 46.6 Å². The molecule has 2 N–H and O–H groups in total. The van der Waals surface area contributed by atoms with Gasteiger partial charge in [-0.05, 0) is 35.9 Å². The van der Waals surface area contributed by atoms with Gasteiger partial charge in [-0.1, -0.05) is 12.1 Å². The third-order valence-corrected chi connectivity index (χ3v) is 5.37. The summed E-state index contributed by atoms with van der Waals surface area (Å²) in [6.45, 7) is 0. The number of aliphatic hydroxyl groups excluding tert-OH is 1. The SMILES string of the molecule is COc1ccc(C(O)Cc2nnc3cc(-c4ccnc(Nc5ccnn5C)n4)ccn23)cc1. The largest absolute Gasteiger partial charge is 0.497 e. The Morgan fingerprint density at radius 3 is 2.67 bits per heavy atom. The molecule has 1 atom stereocenters. The van der Waals surface area contributed by atoms with E-state index in [1.54, 1.807) is 24.2 Å². The van der Waals surface area contributed by atoms with E-state index in [1.165, 1.54) is 0 Å². The van der Waals surface area contributed by atoms with Crippen LogP contribution in [0.15, 0.2) is 67.1 Å².